The first-order valence-corrected chi connectivity index (χ1v) is 10.4. The molecule has 2 aromatic rings. The second-order valence-electron chi connectivity index (χ2n) is 6.74. The van der Waals surface area contributed by atoms with Crippen LogP contribution in [-0.2, 0) is 15.0 Å². The van der Waals surface area contributed by atoms with Crippen LogP contribution in [0.4, 0.5) is 10.1 Å². The first-order valence-electron chi connectivity index (χ1n) is 9.04. The molecule has 0 fully saturated rings. The zero-order valence-corrected chi connectivity index (χ0v) is 17.8. The van der Waals surface area contributed by atoms with Crippen LogP contribution < -0.4 is 14.4 Å². The number of amides is 1. The fraction of sp³-hybridized carbons (Fsp3) is 0.350. The zero-order chi connectivity index (χ0) is 21.6. The molecule has 0 spiro atoms. The SMILES string of the molecule is Cc1ccc(C)c(N(CC(=O)NCCOc2ccc(F)cc2)S(=O)(=O)N(C)C)c1. The van der Waals surface area contributed by atoms with Gasteiger partial charge in [0.25, 0.3) is 0 Å². The maximum absolute atomic E-state index is 12.9. The van der Waals surface area contributed by atoms with Crippen molar-refractivity contribution in [3.63, 3.8) is 0 Å². The van der Waals surface area contributed by atoms with E-state index < -0.39 is 16.1 Å². The van der Waals surface area contributed by atoms with E-state index in [0.29, 0.717) is 11.4 Å². The average Bonchev–Trinajstić information content (AvgIpc) is 2.66. The third-order valence-corrected chi connectivity index (χ3v) is 5.97. The largest absolute Gasteiger partial charge is 0.492 e. The minimum atomic E-state index is -3.86. The van der Waals surface area contributed by atoms with Crippen LogP contribution >= 0.6 is 0 Å². The Hall–Kier alpha value is -2.65. The van der Waals surface area contributed by atoms with Crippen LogP contribution in [0.5, 0.6) is 5.75 Å². The lowest BCUT2D eigenvalue weighted by Gasteiger charge is -2.28. The molecule has 0 aliphatic carbocycles. The van der Waals surface area contributed by atoms with Crippen LogP contribution in [-0.4, -0.2) is 52.4 Å². The highest BCUT2D eigenvalue weighted by molar-refractivity contribution is 7.90. The Balaban J connectivity index is 2.03. The van der Waals surface area contributed by atoms with Gasteiger partial charge in [-0.05, 0) is 55.3 Å². The van der Waals surface area contributed by atoms with Gasteiger partial charge in [-0.3, -0.25) is 4.79 Å². The zero-order valence-electron chi connectivity index (χ0n) is 17.0. The monoisotopic (exact) mass is 423 g/mol. The van der Waals surface area contributed by atoms with Gasteiger partial charge in [0, 0.05) is 14.1 Å². The van der Waals surface area contributed by atoms with E-state index >= 15 is 0 Å². The number of carbonyl (C=O) groups excluding carboxylic acids is 1. The van der Waals surface area contributed by atoms with Gasteiger partial charge in [-0.15, -0.1) is 0 Å². The van der Waals surface area contributed by atoms with E-state index in [-0.39, 0.29) is 25.5 Å². The molecule has 0 saturated carbocycles. The van der Waals surface area contributed by atoms with Gasteiger partial charge in [-0.25, -0.2) is 8.70 Å². The second kappa shape index (κ2) is 9.71. The molecule has 29 heavy (non-hydrogen) atoms. The number of hydrogen-bond donors (Lipinski definition) is 1. The summed E-state index contributed by atoms with van der Waals surface area (Å²) in [6, 6.07) is 11.0. The molecule has 7 nitrogen and oxygen atoms in total. The molecule has 0 heterocycles. The smallest absolute Gasteiger partial charge is 0.304 e. The summed E-state index contributed by atoms with van der Waals surface area (Å²) in [7, 11) is -1.03. The second-order valence-corrected chi connectivity index (χ2v) is 8.81. The van der Waals surface area contributed by atoms with Crippen LogP contribution in [0, 0.1) is 19.7 Å². The van der Waals surface area contributed by atoms with Gasteiger partial charge in [0.15, 0.2) is 0 Å². The van der Waals surface area contributed by atoms with Gasteiger partial charge in [0.05, 0.1) is 12.2 Å². The van der Waals surface area contributed by atoms with E-state index in [9.17, 15) is 17.6 Å². The first-order chi connectivity index (χ1) is 13.6. The maximum Gasteiger partial charge on any atom is 0.304 e. The molecule has 0 aromatic heterocycles. The summed E-state index contributed by atoms with van der Waals surface area (Å²) < 4.78 is 46.0. The standard InChI is InChI=1S/C20H26FN3O4S/c1-15-5-6-16(2)19(13-15)24(29(26,27)23(3)4)14-20(25)22-11-12-28-18-9-7-17(21)8-10-18/h5-10,13H,11-12,14H2,1-4H3,(H,22,25). The Morgan fingerprint density at radius 3 is 2.38 bits per heavy atom. The van der Waals surface area contributed by atoms with E-state index in [2.05, 4.69) is 5.32 Å². The molecular weight excluding hydrogens is 397 g/mol. The van der Waals surface area contributed by atoms with Gasteiger partial charge in [-0.1, -0.05) is 12.1 Å². The number of hydrogen-bond acceptors (Lipinski definition) is 4. The van der Waals surface area contributed by atoms with E-state index in [1.54, 1.807) is 13.0 Å². The Morgan fingerprint density at radius 1 is 1.10 bits per heavy atom. The number of rotatable bonds is 9. The van der Waals surface area contributed by atoms with Gasteiger partial charge in [0.2, 0.25) is 5.91 Å². The van der Waals surface area contributed by atoms with Gasteiger partial charge < -0.3 is 10.1 Å². The van der Waals surface area contributed by atoms with Crippen LogP contribution in [0.25, 0.3) is 0 Å². The summed E-state index contributed by atoms with van der Waals surface area (Å²) in [5, 5.41) is 2.65. The van der Waals surface area contributed by atoms with Crippen LogP contribution in [0.3, 0.4) is 0 Å². The predicted molar refractivity (Wildman–Crippen MR) is 111 cm³/mol. The van der Waals surface area contributed by atoms with E-state index in [1.807, 2.05) is 19.1 Å². The number of aryl methyl sites for hydroxylation is 2. The average molecular weight is 424 g/mol. The lowest BCUT2D eigenvalue weighted by Crippen LogP contribution is -2.46. The van der Waals surface area contributed by atoms with E-state index in [0.717, 1.165) is 19.7 Å². The van der Waals surface area contributed by atoms with Crippen LogP contribution in [0.15, 0.2) is 42.5 Å². The van der Waals surface area contributed by atoms with Crippen molar-refractivity contribution in [2.24, 2.45) is 0 Å². The van der Waals surface area contributed by atoms with E-state index in [1.165, 1.54) is 38.4 Å². The molecule has 0 atom stereocenters. The van der Waals surface area contributed by atoms with Crippen molar-refractivity contribution in [2.45, 2.75) is 13.8 Å². The highest BCUT2D eigenvalue weighted by atomic mass is 32.2. The molecule has 0 saturated heterocycles. The number of halogens is 1. The predicted octanol–water partition coefficient (Wildman–Crippen LogP) is 2.25. The molecular formula is C20H26FN3O4S. The Morgan fingerprint density at radius 2 is 1.76 bits per heavy atom. The van der Waals surface area contributed by atoms with Crippen molar-refractivity contribution < 1.29 is 22.3 Å². The number of anilines is 1. The maximum atomic E-state index is 12.9. The van der Waals surface area contributed by atoms with Gasteiger partial charge in [-0.2, -0.15) is 12.7 Å². The fourth-order valence-electron chi connectivity index (χ4n) is 2.55. The number of ether oxygens (including phenoxy) is 1. The summed E-state index contributed by atoms with van der Waals surface area (Å²) in [5.74, 6) is -0.342. The molecule has 1 N–H and O–H groups in total. The lowest BCUT2D eigenvalue weighted by atomic mass is 10.1. The van der Waals surface area contributed by atoms with Crippen LogP contribution in [0.1, 0.15) is 11.1 Å². The molecule has 2 rings (SSSR count). The third kappa shape index (κ3) is 6.16. The molecule has 0 radical (unpaired) electrons. The lowest BCUT2D eigenvalue weighted by molar-refractivity contribution is -0.119. The topological polar surface area (TPSA) is 79.0 Å². The summed E-state index contributed by atoms with van der Waals surface area (Å²) in [5.41, 5.74) is 2.09. The molecule has 0 unspecified atom stereocenters. The number of benzene rings is 2. The summed E-state index contributed by atoms with van der Waals surface area (Å²) >= 11 is 0. The molecule has 1 amide bonds. The van der Waals surface area contributed by atoms with Gasteiger partial charge >= 0.3 is 10.2 Å². The summed E-state index contributed by atoms with van der Waals surface area (Å²) in [6.07, 6.45) is 0. The molecule has 0 aliphatic heterocycles. The third-order valence-electron chi connectivity index (χ3n) is 4.17. The van der Waals surface area contributed by atoms with Crippen molar-refractivity contribution in [1.29, 1.82) is 0 Å². The number of nitrogens with one attached hydrogen (secondary N) is 1. The molecule has 0 bridgehead atoms. The number of nitrogens with zero attached hydrogens (tertiary/aromatic N) is 2. The molecule has 2 aromatic carbocycles. The van der Waals surface area contributed by atoms with Crippen LogP contribution in [0.2, 0.25) is 0 Å². The first kappa shape index (κ1) is 22.6. The Kier molecular flexibility index (Phi) is 7.58. The Labute approximate surface area is 171 Å². The normalized spacial score (nSPS) is 11.4. The summed E-state index contributed by atoms with van der Waals surface area (Å²) in [6.45, 7) is 3.64. The summed E-state index contributed by atoms with van der Waals surface area (Å²) in [4.78, 5) is 12.4. The van der Waals surface area contributed by atoms with Crippen molar-refractivity contribution in [2.75, 3.05) is 38.1 Å². The Bertz CT molecular complexity index is 947. The highest BCUT2D eigenvalue weighted by Gasteiger charge is 2.28. The fourth-order valence-corrected chi connectivity index (χ4v) is 3.67. The quantitative estimate of drug-likeness (QED) is 0.628. The van der Waals surface area contributed by atoms with Crippen molar-refractivity contribution in [3.05, 3.63) is 59.4 Å². The van der Waals surface area contributed by atoms with Crippen molar-refractivity contribution >= 4 is 21.8 Å². The molecule has 158 valence electrons. The van der Waals surface area contributed by atoms with Crippen molar-refractivity contribution in [3.8, 4) is 5.75 Å². The highest BCUT2D eigenvalue weighted by Crippen LogP contribution is 2.25. The minimum Gasteiger partial charge on any atom is -0.492 e. The van der Waals surface area contributed by atoms with Gasteiger partial charge in [0.1, 0.15) is 24.7 Å². The number of carbonyl (C=O) groups is 1. The minimum absolute atomic E-state index is 0.168. The van der Waals surface area contributed by atoms with Crippen molar-refractivity contribution in [1.82, 2.24) is 9.62 Å². The van der Waals surface area contributed by atoms with E-state index in [4.69, 9.17) is 4.74 Å². The molecule has 0 aliphatic rings. The molecule has 9 heteroatoms.